The molecule has 1 aromatic heterocycles. The first-order valence-corrected chi connectivity index (χ1v) is 9.71. The van der Waals surface area contributed by atoms with E-state index in [1.54, 1.807) is 17.9 Å². The molecule has 2 heterocycles. The van der Waals surface area contributed by atoms with Crippen molar-refractivity contribution in [1.29, 1.82) is 0 Å². The van der Waals surface area contributed by atoms with E-state index >= 15 is 0 Å². The van der Waals surface area contributed by atoms with Crippen LogP contribution in [0, 0.1) is 6.92 Å². The van der Waals surface area contributed by atoms with Crippen molar-refractivity contribution < 1.29 is 18.8 Å². The van der Waals surface area contributed by atoms with Gasteiger partial charge in [-0.1, -0.05) is 37.8 Å². The average Bonchev–Trinajstić information content (AvgIpc) is 3.25. The Hall–Kier alpha value is -1.89. The lowest BCUT2D eigenvalue weighted by molar-refractivity contribution is -0.136. The predicted octanol–water partition coefficient (Wildman–Crippen LogP) is 3.29. The molecular formula is C19H31N3O4. The molecule has 1 aliphatic rings. The van der Waals surface area contributed by atoms with Crippen LogP contribution in [-0.2, 0) is 14.3 Å². The number of rotatable bonds is 11. The van der Waals surface area contributed by atoms with Crippen LogP contribution < -0.4 is 5.32 Å². The molecule has 0 aliphatic carbocycles. The third-order valence-corrected chi connectivity index (χ3v) is 4.52. The number of aryl methyl sites for hydroxylation is 1. The summed E-state index contributed by atoms with van der Waals surface area (Å²) in [6.07, 6.45) is 7.91. The number of anilines is 1. The molecule has 7 heteroatoms. The number of hydrogen-bond acceptors (Lipinski definition) is 5. The van der Waals surface area contributed by atoms with Crippen LogP contribution in [0.4, 0.5) is 5.82 Å². The number of carbonyl (C=O) groups is 2. The van der Waals surface area contributed by atoms with Crippen molar-refractivity contribution in [2.75, 3.05) is 25.0 Å². The van der Waals surface area contributed by atoms with Gasteiger partial charge in [0.1, 0.15) is 5.76 Å². The fraction of sp³-hybridized carbons (Fsp3) is 0.737. The molecule has 1 saturated heterocycles. The molecule has 0 spiro atoms. The van der Waals surface area contributed by atoms with Crippen molar-refractivity contribution in [3.8, 4) is 0 Å². The van der Waals surface area contributed by atoms with Crippen molar-refractivity contribution in [3.05, 3.63) is 11.8 Å². The summed E-state index contributed by atoms with van der Waals surface area (Å²) in [6, 6.07) is 1.65. The van der Waals surface area contributed by atoms with Gasteiger partial charge < -0.3 is 19.5 Å². The molecule has 146 valence electrons. The summed E-state index contributed by atoms with van der Waals surface area (Å²) < 4.78 is 10.6. The molecule has 1 aliphatic heterocycles. The van der Waals surface area contributed by atoms with Crippen molar-refractivity contribution in [1.82, 2.24) is 10.1 Å². The molecule has 0 unspecified atom stereocenters. The van der Waals surface area contributed by atoms with E-state index in [1.807, 2.05) is 0 Å². The minimum atomic E-state index is -0.268. The maximum atomic E-state index is 12.6. The number of carbonyl (C=O) groups excluding carboxylic acids is 2. The molecule has 0 saturated carbocycles. The maximum Gasteiger partial charge on any atom is 0.245 e. The largest absolute Gasteiger partial charge is 0.376 e. The van der Waals surface area contributed by atoms with Gasteiger partial charge in [0.2, 0.25) is 11.8 Å². The van der Waals surface area contributed by atoms with Gasteiger partial charge in [0, 0.05) is 25.6 Å². The fourth-order valence-corrected chi connectivity index (χ4v) is 3.11. The first kappa shape index (κ1) is 20.4. The summed E-state index contributed by atoms with van der Waals surface area (Å²) in [6.45, 7) is 5.14. The summed E-state index contributed by atoms with van der Waals surface area (Å²) in [5.41, 5.74) is 0. The molecule has 0 aromatic carbocycles. The van der Waals surface area contributed by atoms with E-state index in [0.717, 1.165) is 38.7 Å². The molecule has 1 N–H and O–H groups in total. The van der Waals surface area contributed by atoms with Crippen molar-refractivity contribution in [3.63, 3.8) is 0 Å². The molecule has 26 heavy (non-hydrogen) atoms. The monoisotopic (exact) mass is 365 g/mol. The molecule has 7 nitrogen and oxygen atoms in total. The first-order chi connectivity index (χ1) is 12.6. The Morgan fingerprint density at radius 2 is 2.12 bits per heavy atom. The van der Waals surface area contributed by atoms with Gasteiger partial charge in [-0.15, -0.1) is 0 Å². The average molecular weight is 365 g/mol. The quantitative estimate of drug-likeness (QED) is 0.608. The van der Waals surface area contributed by atoms with Crippen LogP contribution in [0.2, 0.25) is 0 Å². The lowest BCUT2D eigenvalue weighted by atomic mass is 10.1. The van der Waals surface area contributed by atoms with Gasteiger partial charge in [-0.2, -0.15) is 0 Å². The Labute approximate surface area is 155 Å². The Morgan fingerprint density at radius 3 is 2.77 bits per heavy atom. The zero-order chi connectivity index (χ0) is 18.8. The van der Waals surface area contributed by atoms with E-state index in [2.05, 4.69) is 17.4 Å². The second kappa shape index (κ2) is 11.0. The third kappa shape index (κ3) is 7.15. The molecule has 2 rings (SSSR count). The van der Waals surface area contributed by atoms with E-state index in [-0.39, 0.29) is 24.5 Å². The van der Waals surface area contributed by atoms with E-state index < -0.39 is 0 Å². The van der Waals surface area contributed by atoms with Crippen LogP contribution in [0.3, 0.4) is 0 Å². The van der Waals surface area contributed by atoms with Crippen molar-refractivity contribution >= 4 is 17.6 Å². The Bertz CT molecular complexity index is 567. The standard InChI is InChI=1S/C19H31N3O4/c1-3-4-5-6-7-10-19(24)22(13-16-9-8-11-25-16)14-18(23)20-17-12-15(2)26-21-17/h12,16H,3-11,13-14H2,1-2H3,(H,20,21,23)/t16-/m1/s1. The van der Waals surface area contributed by atoms with Crippen molar-refractivity contribution in [2.24, 2.45) is 0 Å². The molecule has 0 bridgehead atoms. The number of hydrogen-bond donors (Lipinski definition) is 1. The van der Waals surface area contributed by atoms with Crippen LogP contribution in [0.1, 0.15) is 64.1 Å². The minimum Gasteiger partial charge on any atom is -0.376 e. The molecular weight excluding hydrogens is 334 g/mol. The van der Waals surface area contributed by atoms with Crippen LogP contribution in [0.15, 0.2) is 10.6 Å². The molecule has 1 atom stereocenters. The Kier molecular flexibility index (Phi) is 8.61. The SMILES string of the molecule is CCCCCCCC(=O)N(CC(=O)Nc1cc(C)on1)C[C@H]1CCCO1. The number of amides is 2. The summed E-state index contributed by atoms with van der Waals surface area (Å²) in [5, 5.41) is 6.43. The zero-order valence-electron chi connectivity index (χ0n) is 16.0. The third-order valence-electron chi connectivity index (χ3n) is 4.52. The van der Waals surface area contributed by atoms with Gasteiger partial charge in [0.25, 0.3) is 0 Å². The van der Waals surface area contributed by atoms with Gasteiger partial charge in [-0.3, -0.25) is 9.59 Å². The summed E-state index contributed by atoms with van der Waals surface area (Å²) in [4.78, 5) is 26.5. The zero-order valence-corrected chi connectivity index (χ0v) is 16.0. The number of nitrogens with one attached hydrogen (secondary N) is 1. The molecule has 2 amide bonds. The van der Waals surface area contributed by atoms with Gasteiger partial charge >= 0.3 is 0 Å². The van der Waals surface area contributed by atoms with E-state index in [1.165, 1.54) is 12.8 Å². The second-order valence-electron chi connectivity index (χ2n) is 6.94. The number of ether oxygens (including phenoxy) is 1. The van der Waals surface area contributed by atoms with Crippen LogP contribution in [-0.4, -0.2) is 47.7 Å². The van der Waals surface area contributed by atoms with Gasteiger partial charge in [-0.25, -0.2) is 0 Å². The van der Waals surface area contributed by atoms with Gasteiger partial charge in [0.15, 0.2) is 5.82 Å². The highest BCUT2D eigenvalue weighted by molar-refractivity contribution is 5.93. The fourth-order valence-electron chi connectivity index (χ4n) is 3.11. The number of nitrogens with zero attached hydrogens (tertiary/aromatic N) is 2. The lowest BCUT2D eigenvalue weighted by Gasteiger charge is -2.25. The number of aromatic nitrogens is 1. The second-order valence-corrected chi connectivity index (χ2v) is 6.94. The highest BCUT2D eigenvalue weighted by atomic mass is 16.5. The van der Waals surface area contributed by atoms with Crippen molar-refractivity contribution in [2.45, 2.75) is 71.3 Å². The van der Waals surface area contributed by atoms with E-state index in [9.17, 15) is 9.59 Å². The van der Waals surface area contributed by atoms with Crippen LogP contribution in [0.25, 0.3) is 0 Å². The Balaban J connectivity index is 1.84. The van der Waals surface area contributed by atoms with E-state index in [0.29, 0.717) is 24.5 Å². The molecule has 0 radical (unpaired) electrons. The normalized spacial score (nSPS) is 16.6. The predicted molar refractivity (Wildman–Crippen MR) is 98.8 cm³/mol. The van der Waals surface area contributed by atoms with Gasteiger partial charge in [0.05, 0.1) is 12.6 Å². The Morgan fingerprint density at radius 1 is 1.31 bits per heavy atom. The smallest absolute Gasteiger partial charge is 0.245 e. The highest BCUT2D eigenvalue weighted by Gasteiger charge is 2.24. The minimum absolute atomic E-state index is 0.0135. The maximum absolute atomic E-state index is 12.6. The topological polar surface area (TPSA) is 84.7 Å². The summed E-state index contributed by atoms with van der Waals surface area (Å²) >= 11 is 0. The van der Waals surface area contributed by atoms with Gasteiger partial charge in [-0.05, 0) is 26.2 Å². The molecule has 1 aromatic rings. The number of unbranched alkanes of at least 4 members (excludes halogenated alkanes) is 4. The summed E-state index contributed by atoms with van der Waals surface area (Å²) in [7, 11) is 0. The van der Waals surface area contributed by atoms with Crippen LogP contribution in [0.5, 0.6) is 0 Å². The molecule has 1 fully saturated rings. The van der Waals surface area contributed by atoms with Crippen LogP contribution >= 0.6 is 0 Å². The summed E-state index contributed by atoms with van der Waals surface area (Å²) in [5.74, 6) is 0.746. The first-order valence-electron chi connectivity index (χ1n) is 9.71. The van der Waals surface area contributed by atoms with E-state index in [4.69, 9.17) is 9.26 Å². The highest BCUT2D eigenvalue weighted by Crippen LogP contribution is 2.15. The lowest BCUT2D eigenvalue weighted by Crippen LogP contribution is -2.42.